The largest absolute Gasteiger partial charge is 0.398 e. The van der Waals surface area contributed by atoms with E-state index in [4.69, 9.17) is 5.73 Å². The molecule has 0 spiro atoms. The van der Waals surface area contributed by atoms with E-state index in [-0.39, 0.29) is 17.9 Å². The number of hydrogen-bond acceptors (Lipinski definition) is 4. The number of rotatable bonds is 3. The van der Waals surface area contributed by atoms with Crippen LogP contribution in [0.15, 0.2) is 18.2 Å². The van der Waals surface area contributed by atoms with Crippen LogP contribution >= 0.6 is 0 Å². The average molecular weight is 273 g/mol. The fourth-order valence-corrected chi connectivity index (χ4v) is 3.25. The van der Waals surface area contributed by atoms with Crippen LogP contribution in [-0.4, -0.2) is 47.3 Å². The van der Waals surface area contributed by atoms with Crippen molar-refractivity contribution in [2.75, 3.05) is 25.4 Å². The Hall–Kier alpha value is -1.88. The van der Waals surface area contributed by atoms with E-state index in [0.29, 0.717) is 23.4 Å². The molecule has 2 N–H and O–H groups in total. The summed E-state index contributed by atoms with van der Waals surface area (Å²) in [6.07, 6.45) is 2.17. The molecule has 2 heterocycles. The number of carbonyl (C=O) groups is 2. The van der Waals surface area contributed by atoms with Crippen molar-refractivity contribution < 1.29 is 9.59 Å². The lowest BCUT2D eigenvalue weighted by Gasteiger charge is -2.26. The normalized spacial score (nSPS) is 22.6. The fraction of sp³-hybridized carbons (Fsp3) is 0.467. The van der Waals surface area contributed by atoms with Gasteiger partial charge in [0.25, 0.3) is 11.8 Å². The van der Waals surface area contributed by atoms with E-state index in [9.17, 15) is 9.59 Å². The van der Waals surface area contributed by atoms with Crippen LogP contribution in [0.1, 0.15) is 40.5 Å². The maximum atomic E-state index is 12.4. The van der Waals surface area contributed by atoms with E-state index in [1.807, 2.05) is 0 Å². The number of fused-ring (bicyclic) bond motifs is 1. The third-order valence-electron chi connectivity index (χ3n) is 4.33. The highest BCUT2D eigenvalue weighted by atomic mass is 16.2. The van der Waals surface area contributed by atoms with Crippen molar-refractivity contribution in [3.8, 4) is 0 Å². The van der Waals surface area contributed by atoms with Crippen LogP contribution < -0.4 is 5.73 Å². The first kappa shape index (κ1) is 13.1. The molecule has 1 saturated heterocycles. The molecule has 1 aromatic carbocycles. The van der Waals surface area contributed by atoms with Crippen molar-refractivity contribution in [2.24, 2.45) is 0 Å². The third-order valence-corrected chi connectivity index (χ3v) is 4.33. The molecular formula is C15H19N3O2. The molecule has 0 aliphatic carbocycles. The molecule has 20 heavy (non-hydrogen) atoms. The number of nitrogen functional groups attached to an aromatic ring is 1. The van der Waals surface area contributed by atoms with Crippen LogP contribution in [0.25, 0.3) is 0 Å². The van der Waals surface area contributed by atoms with Crippen molar-refractivity contribution in [1.29, 1.82) is 0 Å². The average Bonchev–Trinajstić information content (AvgIpc) is 2.98. The Bertz CT molecular complexity index is 570. The standard InChI is InChI=1S/C15H19N3O2/c1-2-17-8-4-5-10(17)9-18-14(19)11-6-3-7-12(16)13(11)15(18)20/h3,6-7,10H,2,4-5,8-9,16H2,1H3. The van der Waals surface area contributed by atoms with Crippen LogP contribution in [0, 0.1) is 0 Å². The van der Waals surface area contributed by atoms with Crippen molar-refractivity contribution in [1.82, 2.24) is 9.80 Å². The lowest BCUT2D eigenvalue weighted by molar-refractivity contribution is 0.0612. The molecule has 1 fully saturated rings. The van der Waals surface area contributed by atoms with E-state index in [1.165, 1.54) is 4.90 Å². The summed E-state index contributed by atoms with van der Waals surface area (Å²) in [6.45, 7) is 4.58. The molecule has 0 bridgehead atoms. The molecule has 0 aromatic heterocycles. The smallest absolute Gasteiger partial charge is 0.263 e. The molecule has 1 atom stereocenters. The minimum Gasteiger partial charge on any atom is -0.398 e. The van der Waals surface area contributed by atoms with E-state index in [0.717, 1.165) is 25.9 Å². The third kappa shape index (κ3) is 1.89. The second-order valence-corrected chi connectivity index (χ2v) is 5.42. The Balaban J connectivity index is 1.85. The first-order valence-corrected chi connectivity index (χ1v) is 7.12. The van der Waals surface area contributed by atoms with Gasteiger partial charge in [0, 0.05) is 18.3 Å². The summed E-state index contributed by atoms with van der Waals surface area (Å²) in [5.41, 5.74) is 7.04. The van der Waals surface area contributed by atoms with Crippen molar-refractivity contribution in [2.45, 2.75) is 25.8 Å². The van der Waals surface area contributed by atoms with Gasteiger partial charge in [0.2, 0.25) is 0 Å². The Morgan fingerprint density at radius 2 is 2.10 bits per heavy atom. The van der Waals surface area contributed by atoms with Gasteiger partial charge in [-0.25, -0.2) is 0 Å². The molecule has 0 saturated carbocycles. The predicted molar refractivity (Wildman–Crippen MR) is 76.5 cm³/mol. The number of nitrogens with two attached hydrogens (primary N) is 1. The maximum absolute atomic E-state index is 12.4. The number of likely N-dealkylation sites (tertiary alicyclic amines) is 1. The number of likely N-dealkylation sites (N-methyl/N-ethyl adjacent to an activating group) is 1. The van der Waals surface area contributed by atoms with Gasteiger partial charge in [0.1, 0.15) is 0 Å². The molecule has 0 radical (unpaired) electrons. The first-order chi connectivity index (χ1) is 9.63. The number of imide groups is 1. The summed E-state index contributed by atoms with van der Waals surface area (Å²) in [4.78, 5) is 28.5. The monoisotopic (exact) mass is 273 g/mol. The van der Waals surface area contributed by atoms with Crippen LogP contribution in [0.2, 0.25) is 0 Å². The molecule has 106 valence electrons. The summed E-state index contributed by atoms with van der Waals surface area (Å²) < 4.78 is 0. The SMILES string of the molecule is CCN1CCCC1CN1C(=O)c2cccc(N)c2C1=O. The van der Waals surface area contributed by atoms with Gasteiger partial charge in [-0.05, 0) is 38.1 Å². The highest BCUT2D eigenvalue weighted by molar-refractivity contribution is 6.23. The van der Waals surface area contributed by atoms with Crippen molar-refractivity contribution >= 4 is 17.5 Å². The van der Waals surface area contributed by atoms with Gasteiger partial charge in [-0.3, -0.25) is 19.4 Å². The van der Waals surface area contributed by atoms with Gasteiger partial charge < -0.3 is 5.73 Å². The second-order valence-electron chi connectivity index (χ2n) is 5.42. The minimum atomic E-state index is -0.244. The molecule has 5 heteroatoms. The molecule has 2 aliphatic heterocycles. The first-order valence-electron chi connectivity index (χ1n) is 7.12. The van der Waals surface area contributed by atoms with Gasteiger partial charge in [-0.1, -0.05) is 13.0 Å². The molecular weight excluding hydrogens is 254 g/mol. The summed E-state index contributed by atoms with van der Waals surface area (Å²) in [7, 11) is 0. The minimum absolute atomic E-state index is 0.208. The van der Waals surface area contributed by atoms with Crippen LogP contribution in [0.5, 0.6) is 0 Å². The predicted octanol–water partition coefficient (Wildman–Crippen LogP) is 1.35. The van der Waals surface area contributed by atoms with E-state index < -0.39 is 0 Å². The zero-order chi connectivity index (χ0) is 14.3. The summed E-state index contributed by atoms with van der Waals surface area (Å²) >= 11 is 0. The topological polar surface area (TPSA) is 66.6 Å². The van der Waals surface area contributed by atoms with Gasteiger partial charge >= 0.3 is 0 Å². The lowest BCUT2D eigenvalue weighted by atomic mass is 10.1. The van der Waals surface area contributed by atoms with Gasteiger partial charge in [0.15, 0.2) is 0 Å². The van der Waals surface area contributed by atoms with Crippen molar-refractivity contribution in [3.05, 3.63) is 29.3 Å². The van der Waals surface area contributed by atoms with Gasteiger partial charge in [0.05, 0.1) is 11.1 Å². The molecule has 5 nitrogen and oxygen atoms in total. The van der Waals surface area contributed by atoms with Gasteiger partial charge in [-0.15, -0.1) is 0 Å². The molecule has 2 amide bonds. The van der Waals surface area contributed by atoms with Crippen LogP contribution in [0.4, 0.5) is 5.69 Å². The number of nitrogens with zero attached hydrogens (tertiary/aromatic N) is 2. The number of benzene rings is 1. The summed E-state index contributed by atoms with van der Waals surface area (Å²) in [5.74, 6) is -0.452. The van der Waals surface area contributed by atoms with E-state index in [1.54, 1.807) is 18.2 Å². The Morgan fingerprint density at radius 3 is 2.80 bits per heavy atom. The Labute approximate surface area is 118 Å². The Morgan fingerprint density at radius 1 is 1.30 bits per heavy atom. The maximum Gasteiger partial charge on any atom is 0.263 e. The number of anilines is 1. The molecule has 2 aliphatic rings. The number of amides is 2. The Kier molecular flexibility index (Phi) is 3.22. The second kappa shape index (κ2) is 4.90. The van der Waals surface area contributed by atoms with E-state index >= 15 is 0 Å². The number of hydrogen-bond donors (Lipinski definition) is 1. The van der Waals surface area contributed by atoms with Gasteiger partial charge in [-0.2, -0.15) is 0 Å². The van der Waals surface area contributed by atoms with Crippen LogP contribution in [-0.2, 0) is 0 Å². The number of carbonyl (C=O) groups excluding carboxylic acids is 2. The highest BCUT2D eigenvalue weighted by Crippen LogP contribution is 2.29. The molecule has 1 unspecified atom stereocenters. The summed E-state index contributed by atoms with van der Waals surface area (Å²) in [6, 6.07) is 5.35. The molecule has 1 aromatic rings. The summed E-state index contributed by atoms with van der Waals surface area (Å²) in [5, 5.41) is 0. The van der Waals surface area contributed by atoms with E-state index in [2.05, 4.69) is 11.8 Å². The van der Waals surface area contributed by atoms with Crippen LogP contribution in [0.3, 0.4) is 0 Å². The zero-order valence-electron chi connectivity index (χ0n) is 11.6. The zero-order valence-corrected chi connectivity index (χ0v) is 11.6. The lowest BCUT2D eigenvalue weighted by Crippen LogP contribution is -2.42. The highest BCUT2D eigenvalue weighted by Gasteiger charge is 2.39. The fourth-order valence-electron chi connectivity index (χ4n) is 3.25. The van der Waals surface area contributed by atoms with Crippen molar-refractivity contribution in [3.63, 3.8) is 0 Å². The quantitative estimate of drug-likeness (QED) is 0.667. The molecule has 3 rings (SSSR count).